The number of hydrogen-bond acceptors (Lipinski definition) is 9. The Morgan fingerprint density at radius 2 is 2.11 bits per heavy atom. The number of tetrazole rings is 1. The van der Waals surface area contributed by atoms with E-state index in [1.54, 1.807) is 7.05 Å². The first-order valence-electron chi connectivity index (χ1n) is 10.1. The summed E-state index contributed by atoms with van der Waals surface area (Å²) in [6.45, 7) is 2.75. The highest BCUT2D eigenvalue weighted by atomic mass is 32.2. The Morgan fingerprint density at radius 3 is 2.69 bits per heavy atom. The molecule has 17 heteroatoms. The molecule has 2 aliphatic heterocycles. The van der Waals surface area contributed by atoms with Crippen molar-refractivity contribution in [3.05, 3.63) is 28.7 Å². The molecule has 0 bridgehead atoms. The van der Waals surface area contributed by atoms with E-state index in [2.05, 4.69) is 25.9 Å². The summed E-state index contributed by atoms with van der Waals surface area (Å²) in [6.07, 6.45) is -4.66. The maximum Gasteiger partial charge on any atom is 0.435 e. The smallest absolute Gasteiger partial charge is 0.435 e. The fourth-order valence-corrected chi connectivity index (χ4v) is 6.03. The Balaban J connectivity index is 1.46. The first kappa shape index (κ1) is 25.0. The molecule has 0 unspecified atom stereocenters. The molecule has 1 saturated heterocycles. The van der Waals surface area contributed by atoms with Crippen molar-refractivity contribution in [3.63, 3.8) is 0 Å². The van der Waals surface area contributed by atoms with Crippen molar-refractivity contribution in [1.29, 1.82) is 0 Å². The molecule has 35 heavy (non-hydrogen) atoms. The van der Waals surface area contributed by atoms with Gasteiger partial charge in [0, 0.05) is 24.2 Å². The number of carbonyl (C=O) groups excluding carboxylic acids is 2. The first-order chi connectivity index (χ1) is 16.4. The number of aliphatic carboxylic acids is 1. The van der Waals surface area contributed by atoms with Crippen molar-refractivity contribution in [2.75, 3.05) is 11.5 Å². The third-order valence-corrected chi connectivity index (χ3v) is 7.90. The van der Waals surface area contributed by atoms with E-state index in [1.807, 2.05) is 0 Å². The summed E-state index contributed by atoms with van der Waals surface area (Å²) in [7, 11) is 1.64. The van der Waals surface area contributed by atoms with Crippen molar-refractivity contribution in [2.24, 2.45) is 7.05 Å². The fourth-order valence-electron chi connectivity index (χ4n) is 3.69. The molecule has 2 N–H and O–H groups in total. The van der Waals surface area contributed by atoms with Crippen LogP contribution in [0.5, 0.6) is 0 Å². The van der Waals surface area contributed by atoms with E-state index < -0.39 is 47.1 Å². The van der Waals surface area contributed by atoms with E-state index in [0.717, 1.165) is 15.6 Å². The SMILES string of the molecule is Cc1cc(C(F)(F)F)nn1[C@H](C)C(=O)N[C@H]1C(=O)N2C(C(=O)O)=C(CSc3nnnn3C)CS[C@@H]12. The lowest BCUT2D eigenvalue weighted by molar-refractivity contribution is -0.151. The van der Waals surface area contributed by atoms with Gasteiger partial charge in [-0.25, -0.2) is 9.48 Å². The Kier molecular flexibility index (Phi) is 6.56. The van der Waals surface area contributed by atoms with Crippen molar-refractivity contribution in [2.45, 2.75) is 42.6 Å². The molecule has 4 rings (SSSR count). The lowest BCUT2D eigenvalue weighted by atomic mass is 10.0. The van der Waals surface area contributed by atoms with Crippen LogP contribution in [0.3, 0.4) is 0 Å². The fraction of sp³-hybridized carbons (Fsp3) is 0.500. The number of nitrogens with zero attached hydrogens (tertiary/aromatic N) is 7. The molecule has 2 amide bonds. The van der Waals surface area contributed by atoms with Crippen molar-refractivity contribution in [1.82, 2.24) is 40.2 Å². The quantitative estimate of drug-likeness (QED) is 0.388. The van der Waals surface area contributed by atoms with Gasteiger partial charge in [0.15, 0.2) is 5.69 Å². The molecule has 2 aliphatic rings. The highest BCUT2D eigenvalue weighted by Gasteiger charge is 2.54. The van der Waals surface area contributed by atoms with Gasteiger partial charge < -0.3 is 10.4 Å². The van der Waals surface area contributed by atoms with Gasteiger partial charge in [0.25, 0.3) is 5.91 Å². The number of carboxylic acids is 1. The molecule has 1 fully saturated rings. The largest absolute Gasteiger partial charge is 0.477 e. The van der Waals surface area contributed by atoms with E-state index in [9.17, 15) is 32.7 Å². The van der Waals surface area contributed by atoms with E-state index >= 15 is 0 Å². The number of aromatic nitrogens is 6. The minimum absolute atomic E-state index is 0.130. The number of aryl methyl sites for hydroxylation is 2. The zero-order chi connectivity index (χ0) is 25.7. The van der Waals surface area contributed by atoms with Gasteiger partial charge in [-0.3, -0.25) is 19.2 Å². The molecule has 2 aromatic heterocycles. The van der Waals surface area contributed by atoms with Crippen molar-refractivity contribution < 1.29 is 32.7 Å². The van der Waals surface area contributed by atoms with Gasteiger partial charge in [0.05, 0.1) is 0 Å². The van der Waals surface area contributed by atoms with Crippen LogP contribution in [-0.2, 0) is 27.6 Å². The van der Waals surface area contributed by atoms with E-state index in [4.69, 9.17) is 0 Å². The molecule has 12 nitrogen and oxygen atoms in total. The highest BCUT2D eigenvalue weighted by Crippen LogP contribution is 2.41. The summed E-state index contributed by atoms with van der Waals surface area (Å²) in [5.41, 5.74) is -0.644. The predicted molar refractivity (Wildman–Crippen MR) is 116 cm³/mol. The Labute approximate surface area is 204 Å². The summed E-state index contributed by atoms with van der Waals surface area (Å²) in [5, 5.41) is 26.6. The van der Waals surface area contributed by atoms with Crippen LogP contribution in [-0.4, -0.2) is 80.7 Å². The lowest BCUT2D eigenvalue weighted by Gasteiger charge is -2.49. The normalized spacial score (nSPS) is 21.0. The van der Waals surface area contributed by atoms with Crippen LogP contribution in [0.1, 0.15) is 24.4 Å². The van der Waals surface area contributed by atoms with Crippen LogP contribution in [0.2, 0.25) is 0 Å². The molecule has 0 aliphatic carbocycles. The van der Waals surface area contributed by atoms with Gasteiger partial charge >= 0.3 is 12.1 Å². The first-order valence-corrected chi connectivity index (χ1v) is 12.1. The van der Waals surface area contributed by atoms with Gasteiger partial charge in [-0.1, -0.05) is 11.8 Å². The summed E-state index contributed by atoms with van der Waals surface area (Å²) < 4.78 is 41.2. The summed E-state index contributed by atoms with van der Waals surface area (Å²) in [6, 6.07) is -1.31. The van der Waals surface area contributed by atoms with Crippen LogP contribution >= 0.6 is 23.5 Å². The number of amides is 2. The number of alkyl halides is 3. The Bertz CT molecular complexity index is 1230. The van der Waals surface area contributed by atoms with Crippen molar-refractivity contribution in [3.8, 4) is 0 Å². The molecule has 0 aromatic carbocycles. The zero-order valence-electron chi connectivity index (χ0n) is 18.5. The maximum atomic E-state index is 13.0. The number of fused-ring (bicyclic) bond motifs is 1. The molecule has 2 aromatic rings. The molecular weight excluding hydrogens is 513 g/mol. The minimum atomic E-state index is -4.66. The molecular formula is C18H19F3N8O4S2. The van der Waals surface area contributed by atoms with Gasteiger partial charge in [-0.2, -0.15) is 18.3 Å². The second-order valence-electron chi connectivity index (χ2n) is 7.82. The number of hydrogen-bond donors (Lipinski definition) is 2. The van der Waals surface area contributed by atoms with Gasteiger partial charge in [-0.15, -0.1) is 16.9 Å². The third kappa shape index (κ3) is 4.61. The van der Waals surface area contributed by atoms with Crippen LogP contribution in [0.15, 0.2) is 22.5 Å². The van der Waals surface area contributed by atoms with Crippen molar-refractivity contribution >= 4 is 41.3 Å². The topological polar surface area (TPSA) is 148 Å². The monoisotopic (exact) mass is 532 g/mol. The van der Waals surface area contributed by atoms with Gasteiger partial charge in [0.1, 0.15) is 23.2 Å². The Morgan fingerprint density at radius 1 is 1.40 bits per heavy atom. The average molecular weight is 533 g/mol. The average Bonchev–Trinajstić information content (AvgIpc) is 3.39. The predicted octanol–water partition coefficient (Wildman–Crippen LogP) is 0.826. The van der Waals surface area contributed by atoms with Crippen LogP contribution in [0.25, 0.3) is 0 Å². The summed E-state index contributed by atoms with van der Waals surface area (Å²) in [4.78, 5) is 38.7. The number of carbonyl (C=O) groups is 3. The number of carboxylic acid groups (broad SMARTS) is 1. The molecule has 4 heterocycles. The number of nitrogens with one attached hydrogen (secondary N) is 1. The van der Waals surface area contributed by atoms with E-state index in [1.165, 1.54) is 42.1 Å². The van der Waals surface area contributed by atoms with Crippen LogP contribution < -0.4 is 5.32 Å². The highest BCUT2D eigenvalue weighted by molar-refractivity contribution is 8.01. The van der Waals surface area contributed by atoms with E-state index in [-0.39, 0.29) is 17.1 Å². The molecule has 188 valence electrons. The number of halogens is 3. The number of thioether (sulfide) groups is 2. The lowest BCUT2D eigenvalue weighted by Crippen LogP contribution is -2.71. The standard InChI is InChI=1S/C18H19F3N8O4S2/c1-7-4-10(18(19,20)21)24-29(7)8(2)13(30)22-11-14(31)28-12(16(32)33)9(5-34-15(11)28)6-35-17-23-25-26-27(17)3/h4,8,11,15H,5-6H2,1-3H3,(H,22,30)(H,32,33)/t8-,11+,15+/m1/s1. The maximum absolute atomic E-state index is 13.0. The minimum Gasteiger partial charge on any atom is -0.477 e. The molecule has 0 spiro atoms. The van der Waals surface area contributed by atoms with Crippen LogP contribution in [0, 0.1) is 6.92 Å². The molecule has 0 saturated carbocycles. The molecule has 3 atom stereocenters. The van der Waals surface area contributed by atoms with Gasteiger partial charge in [-0.05, 0) is 35.9 Å². The van der Waals surface area contributed by atoms with E-state index in [0.29, 0.717) is 16.5 Å². The van der Waals surface area contributed by atoms with Crippen LogP contribution in [0.4, 0.5) is 13.2 Å². The number of β-lactam (4-membered cyclic amide) rings is 1. The number of rotatable bonds is 7. The zero-order valence-corrected chi connectivity index (χ0v) is 20.1. The molecule has 0 radical (unpaired) electrons. The summed E-state index contributed by atoms with van der Waals surface area (Å²) in [5.74, 6) is -2.06. The second kappa shape index (κ2) is 9.18. The third-order valence-electron chi connectivity index (χ3n) is 5.46. The Hall–Kier alpha value is -3.08. The summed E-state index contributed by atoms with van der Waals surface area (Å²) >= 11 is 2.50. The second-order valence-corrected chi connectivity index (χ2v) is 9.86. The van der Waals surface area contributed by atoms with Gasteiger partial charge in [0.2, 0.25) is 11.1 Å².